The molecular formula is C16H22BrN3. The van der Waals surface area contributed by atoms with Crippen molar-refractivity contribution in [2.45, 2.75) is 26.7 Å². The Balaban J connectivity index is 1.85. The van der Waals surface area contributed by atoms with Gasteiger partial charge in [0.2, 0.25) is 0 Å². The van der Waals surface area contributed by atoms with Gasteiger partial charge in [-0.15, -0.1) is 0 Å². The van der Waals surface area contributed by atoms with Crippen LogP contribution in [0.15, 0.2) is 41.1 Å². The Kier molecular flexibility index (Phi) is 5.80. The third kappa shape index (κ3) is 4.46. The van der Waals surface area contributed by atoms with E-state index in [1.165, 1.54) is 5.56 Å². The Labute approximate surface area is 129 Å². The zero-order chi connectivity index (χ0) is 14.4. The maximum absolute atomic E-state index is 4.44. The van der Waals surface area contributed by atoms with Gasteiger partial charge in [-0.1, -0.05) is 26.0 Å². The number of aromatic nitrogens is 2. The van der Waals surface area contributed by atoms with Crippen molar-refractivity contribution >= 4 is 15.9 Å². The number of hydrogen-bond donors (Lipinski definition) is 1. The molecule has 108 valence electrons. The molecule has 0 saturated heterocycles. The molecule has 0 aliphatic rings. The van der Waals surface area contributed by atoms with Gasteiger partial charge >= 0.3 is 0 Å². The second-order valence-electron chi connectivity index (χ2n) is 5.45. The highest BCUT2D eigenvalue weighted by molar-refractivity contribution is 9.10. The summed E-state index contributed by atoms with van der Waals surface area (Å²) >= 11 is 3.56. The van der Waals surface area contributed by atoms with E-state index in [1.807, 2.05) is 29.1 Å². The molecule has 0 saturated carbocycles. The van der Waals surface area contributed by atoms with Gasteiger partial charge in [-0.3, -0.25) is 0 Å². The smallest absolute Gasteiger partial charge is 0.0787 e. The molecule has 0 bridgehead atoms. The number of benzene rings is 1. The van der Waals surface area contributed by atoms with Gasteiger partial charge in [0.15, 0.2) is 0 Å². The normalized spacial score (nSPS) is 11.2. The molecule has 0 fully saturated rings. The van der Waals surface area contributed by atoms with Gasteiger partial charge in [-0.05, 0) is 65.5 Å². The van der Waals surface area contributed by atoms with Crippen molar-refractivity contribution in [3.8, 4) is 5.69 Å². The molecule has 0 spiro atoms. The van der Waals surface area contributed by atoms with Gasteiger partial charge < -0.3 is 5.32 Å². The first-order valence-electron chi connectivity index (χ1n) is 7.16. The summed E-state index contributed by atoms with van der Waals surface area (Å²) in [5, 5.41) is 7.91. The van der Waals surface area contributed by atoms with Crippen LogP contribution in [0.3, 0.4) is 0 Å². The molecule has 0 amide bonds. The van der Waals surface area contributed by atoms with E-state index in [2.05, 4.69) is 52.5 Å². The van der Waals surface area contributed by atoms with Crippen LogP contribution in [0, 0.1) is 5.92 Å². The van der Waals surface area contributed by atoms with Gasteiger partial charge in [-0.25, -0.2) is 4.68 Å². The SMILES string of the molecule is CC(C)CNCCCc1cnn(-c2ccccc2Br)c1. The molecule has 2 aromatic rings. The van der Waals surface area contributed by atoms with Gasteiger partial charge in [-0.2, -0.15) is 5.10 Å². The van der Waals surface area contributed by atoms with Crippen molar-refractivity contribution in [2.75, 3.05) is 13.1 Å². The molecular weight excluding hydrogens is 314 g/mol. The quantitative estimate of drug-likeness (QED) is 0.779. The molecule has 3 nitrogen and oxygen atoms in total. The fourth-order valence-corrected chi connectivity index (χ4v) is 2.53. The number of rotatable bonds is 7. The maximum atomic E-state index is 4.44. The van der Waals surface area contributed by atoms with E-state index in [0.717, 1.165) is 36.1 Å². The molecule has 0 aliphatic heterocycles. The Bertz CT molecular complexity index is 534. The average molecular weight is 336 g/mol. The Morgan fingerprint density at radius 1 is 1.30 bits per heavy atom. The number of hydrogen-bond acceptors (Lipinski definition) is 2. The third-order valence-electron chi connectivity index (χ3n) is 3.11. The minimum absolute atomic E-state index is 0.716. The minimum atomic E-state index is 0.716. The zero-order valence-corrected chi connectivity index (χ0v) is 13.7. The average Bonchev–Trinajstić information content (AvgIpc) is 2.87. The molecule has 4 heteroatoms. The Morgan fingerprint density at radius 3 is 2.85 bits per heavy atom. The first-order chi connectivity index (χ1) is 9.66. The van der Waals surface area contributed by atoms with Crippen LogP contribution in [0.25, 0.3) is 5.69 Å². The van der Waals surface area contributed by atoms with Crippen molar-refractivity contribution in [3.63, 3.8) is 0 Å². The predicted octanol–water partition coefficient (Wildman–Crippen LogP) is 3.81. The van der Waals surface area contributed by atoms with Crippen LogP contribution in [0.4, 0.5) is 0 Å². The predicted molar refractivity (Wildman–Crippen MR) is 87.3 cm³/mol. The van der Waals surface area contributed by atoms with E-state index in [4.69, 9.17) is 0 Å². The largest absolute Gasteiger partial charge is 0.316 e. The highest BCUT2D eigenvalue weighted by Crippen LogP contribution is 2.20. The number of halogens is 1. The van der Waals surface area contributed by atoms with Crippen LogP contribution in [-0.2, 0) is 6.42 Å². The monoisotopic (exact) mass is 335 g/mol. The lowest BCUT2D eigenvalue weighted by Crippen LogP contribution is -2.20. The van der Waals surface area contributed by atoms with E-state index in [0.29, 0.717) is 5.92 Å². The van der Waals surface area contributed by atoms with E-state index >= 15 is 0 Å². The highest BCUT2D eigenvalue weighted by atomic mass is 79.9. The first kappa shape index (κ1) is 15.3. The molecule has 1 aromatic heterocycles. The van der Waals surface area contributed by atoms with Crippen molar-refractivity contribution < 1.29 is 0 Å². The van der Waals surface area contributed by atoms with Crippen LogP contribution >= 0.6 is 15.9 Å². The third-order valence-corrected chi connectivity index (χ3v) is 3.78. The van der Waals surface area contributed by atoms with Gasteiger partial charge in [0.1, 0.15) is 0 Å². The van der Waals surface area contributed by atoms with E-state index in [1.54, 1.807) is 0 Å². The number of nitrogens with one attached hydrogen (secondary N) is 1. The summed E-state index contributed by atoms with van der Waals surface area (Å²) in [6.07, 6.45) is 6.29. The highest BCUT2D eigenvalue weighted by Gasteiger charge is 2.04. The van der Waals surface area contributed by atoms with Crippen molar-refractivity contribution in [1.29, 1.82) is 0 Å². The van der Waals surface area contributed by atoms with E-state index < -0.39 is 0 Å². The van der Waals surface area contributed by atoms with E-state index in [-0.39, 0.29) is 0 Å². The van der Waals surface area contributed by atoms with Crippen molar-refractivity contribution in [3.05, 3.63) is 46.7 Å². The summed E-state index contributed by atoms with van der Waals surface area (Å²) in [4.78, 5) is 0. The second kappa shape index (κ2) is 7.60. The Hall–Kier alpha value is -1.13. The fourth-order valence-electron chi connectivity index (χ4n) is 2.07. The van der Waals surface area contributed by atoms with Crippen LogP contribution in [0.1, 0.15) is 25.8 Å². The van der Waals surface area contributed by atoms with E-state index in [9.17, 15) is 0 Å². The van der Waals surface area contributed by atoms with Gasteiger partial charge in [0.05, 0.1) is 11.9 Å². The van der Waals surface area contributed by atoms with Crippen LogP contribution in [0.5, 0.6) is 0 Å². The lowest BCUT2D eigenvalue weighted by Gasteiger charge is -2.06. The molecule has 0 aliphatic carbocycles. The maximum Gasteiger partial charge on any atom is 0.0787 e. The summed E-state index contributed by atoms with van der Waals surface area (Å²) in [5.41, 5.74) is 2.36. The lowest BCUT2D eigenvalue weighted by molar-refractivity contribution is 0.543. The molecule has 0 unspecified atom stereocenters. The van der Waals surface area contributed by atoms with Gasteiger partial charge in [0, 0.05) is 10.7 Å². The number of para-hydroxylation sites is 1. The first-order valence-corrected chi connectivity index (χ1v) is 7.95. The zero-order valence-electron chi connectivity index (χ0n) is 12.1. The molecule has 1 heterocycles. The van der Waals surface area contributed by atoms with Crippen LogP contribution < -0.4 is 5.32 Å². The lowest BCUT2D eigenvalue weighted by atomic mass is 10.2. The fraction of sp³-hybridized carbons (Fsp3) is 0.438. The molecule has 0 radical (unpaired) electrons. The Morgan fingerprint density at radius 2 is 2.10 bits per heavy atom. The van der Waals surface area contributed by atoms with Crippen molar-refractivity contribution in [1.82, 2.24) is 15.1 Å². The standard InChI is InChI=1S/C16H22BrN3/c1-13(2)10-18-9-5-6-14-11-19-20(12-14)16-8-4-3-7-15(16)17/h3-4,7-8,11-13,18H,5-6,9-10H2,1-2H3. The minimum Gasteiger partial charge on any atom is -0.316 e. The summed E-state index contributed by atoms with van der Waals surface area (Å²) in [7, 11) is 0. The molecule has 1 aromatic carbocycles. The summed E-state index contributed by atoms with van der Waals surface area (Å²) < 4.78 is 2.99. The molecule has 2 rings (SSSR count). The summed E-state index contributed by atoms with van der Waals surface area (Å²) in [6.45, 7) is 6.62. The molecule has 1 N–H and O–H groups in total. The van der Waals surface area contributed by atoms with Gasteiger partial charge in [0.25, 0.3) is 0 Å². The molecule has 0 atom stereocenters. The van der Waals surface area contributed by atoms with Crippen molar-refractivity contribution in [2.24, 2.45) is 5.92 Å². The summed E-state index contributed by atoms with van der Waals surface area (Å²) in [5.74, 6) is 0.716. The second-order valence-corrected chi connectivity index (χ2v) is 6.30. The topological polar surface area (TPSA) is 29.9 Å². The summed E-state index contributed by atoms with van der Waals surface area (Å²) in [6, 6.07) is 8.13. The number of aryl methyl sites for hydroxylation is 1. The van der Waals surface area contributed by atoms with Crippen LogP contribution in [0.2, 0.25) is 0 Å². The number of nitrogens with zero attached hydrogens (tertiary/aromatic N) is 2. The van der Waals surface area contributed by atoms with Crippen LogP contribution in [-0.4, -0.2) is 22.9 Å². The molecule has 20 heavy (non-hydrogen) atoms.